The zero-order valence-corrected chi connectivity index (χ0v) is 23.9. The minimum absolute atomic E-state index is 0.0416. The lowest BCUT2D eigenvalue weighted by Crippen LogP contribution is -2.51. The number of carbonyl (C=O) groups excluding carboxylic acids is 1. The normalized spacial score (nSPS) is 26.2. The van der Waals surface area contributed by atoms with Gasteiger partial charge in [-0.05, 0) is 49.4 Å². The zero-order chi connectivity index (χ0) is 28.3. The van der Waals surface area contributed by atoms with Gasteiger partial charge in [0.15, 0.2) is 9.84 Å². The van der Waals surface area contributed by atoms with Crippen LogP contribution in [0.15, 0.2) is 30.6 Å². The molecule has 4 heterocycles. The number of nitrogens with one attached hydrogen (secondary N) is 1. The fourth-order valence-electron chi connectivity index (χ4n) is 5.24. The molecule has 11 heteroatoms. The van der Waals surface area contributed by atoms with Crippen molar-refractivity contribution in [2.45, 2.75) is 76.4 Å². The second kappa shape index (κ2) is 9.71. The Bertz CT molecular complexity index is 1560. The van der Waals surface area contributed by atoms with Gasteiger partial charge in [0.1, 0.15) is 23.8 Å². The number of aromatic nitrogens is 3. The fraction of sp³-hybridized carbons (Fsp3) is 0.500. The Balaban J connectivity index is 1.50. The van der Waals surface area contributed by atoms with Crippen molar-refractivity contribution < 1.29 is 22.7 Å². The summed E-state index contributed by atoms with van der Waals surface area (Å²) in [6.07, 6.45) is 5.28. The first kappa shape index (κ1) is 27.3. The van der Waals surface area contributed by atoms with Crippen LogP contribution in [0.4, 0.5) is 11.6 Å². The van der Waals surface area contributed by atoms with Gasteiger partial charge in [-0.25, -0.2) is 28.2 Å². The summed E-state index contributed by atoms with van der Waals surface area (Å²) in [6.45, 7) is 9.70. The Labute approximate surface area is 228 Å². The number of pyridine rings is 3. The minimum Gasteiger partial charge on any atom is -0.473 e. The number of anilines is 2. The molecular weight excluding hydrogens is 518 g/mol. The van der Waals surface area contributed by atoms with Crippen LogP contribution in [-0.4, -0.2) is 53.1 Å². The van der Waals surface area contributed by atoms with E-state index in [0.717, 1.165) is 10.9 Å². The summed E-state index contributed by atoms with van der Waals surface area (Å²) in [4.78, 5) is 26.2. The number of cyclic esters (lactones) is 1. The SMILES string of the molecule is CCC(C)(N)c1cnc(O[C@@H]2C[C@H](S(C)(=O)=O)[C@H]2C)c2cnc(Nc3ccc4c(n3)[C@@H](C)[C@H](C)OC4=O)cc12. The Kier molecular flexibility index (Phi) is 6.79. The molecule has 1 fully saturated rings. The van der Waals surface area contributed by atoms with Crippen LogP contribution < -0.4 is 15.8 Å². The maximum Gasteiger partial charge on any atom is 0.340 e. The van der Waals surface area contributed by atoms with E-state index in [1.807, 2.05) is 40.7 Å². The van der Waals surface area contributed by atoms with E-state index in [1.165, 1.54) is 6.26 Å². The second-order valence-electron chi connectivity index (χ2n) is 11.1. The van der Waals surface area contributed by atoms with E-state index in [9.17, 15) is 13.2 Å². The van der Waals surface area contributed by atoms with Crippen molar-refractivity contribution in [1.82, 2.24) is 15.0 Å². The quantitative estimate of drug-likeness (QED) is 0.408. The number of hydrogen-bond acceptors (Lipinski definition) is 10. The summed E-state index contributed by atoms with van der Waals surface area (Å²) in [6, 6.07) is 5.34. The number of sulfone groups is 1. The number of esters is 1. The number of nitrogens with zero attached hydrogens (tertiary/aromatic N) is 3. The zero-order valence-electron chi connectivity index (χ0n) is 23.1. The van der Waals surface area contributed by atoms with Gasteiger partial charge in [0.2, 0.25) is 5.88 Å². The lowest BCUT2D eigenvalue weighted by molar-refractivity contribution is 0.0235. The molecule has 1 aliphatic heterocycles. The van der Waals surface area contributed by atoms with Crippen molar-refractivity contribution in [2.75, 3.05) is 11.6 Å². The third kappa shape index (κ3) is 4.93. The van der Waals surface area contributed by atoms with Gasteiger partial charge in [-0.15, -0.1) is 0 Å². The van der Waals surface area contributed by atoms with Crippen LogP contribution in [0.5, 0.6) is 5.88 Å². The lowest BCUT2D eigenvalue weighted by Gasteiger charge is -2.40. The van der Waals surface area contributed by atoms with Gasteiger partial charge in [-0.1, -0.05) is 20.8 Å². The number of ether oxygens (including phenoxy) is 2. The Hall–Kier alpha value is -3.31. The van der Waals surface area contributed by atoms with E-state index < -0.39 is 20.6 Å². The lowest BCUT2D eigenvalue weighted by atomic mass is 9.82. The molecule has 5 rings (SSSR count). The summed E-state index contributed by atoms with van der Waals surface area (Å²) in [5.74, 6) is 0.958. The Morgan fingerprint density at radius 2 is 1.90 bits per heavy atom. The van der Waals surface area contributed by atoms with Crippen LogP contribution in [0.1, 0.15) is 75.0 Å². The van der Waals surface area contributed by atoms with Crippen molar-refractivity contribution in [3.8, 4) is 5.88 Å². The number of carbonyl (C=O) groups is 1. The number of hydrogen-bond donors (Lipinski definition) is 2. The Morgan fingerprint density at radius 3 is 2.56 bits per heavy atom. The summed E-state index contributed by atoms with van der Waals surface area (Å²) in [5.41, 5.74) is 8.01. The first-order valence-electron chi connectivity index (χ1n) is 13.2. The average molecular weight is 554 g/mol. The molecule has 1 unspecified atom stereocenters. The van der Waals surface area contributed by atoms with Gasteiger partial charge >= 0.3 is 5.97 Å². The predicted octanol–water partition coefficient (Wildman–Crippen LogP) is 4.22. The average Bonchev–Trinajstić information content (AvgIpc) is 2.88. The largest absolute Gasteiger partial charge is 0.473 e. The van der Waals surface area contributed by atoms with E-state index in [2.05, 4.69) is 15.3 Å². The maximum atomic E-state index is 12.3. The highest BCUT2D eigenvalue weighted by Gasteiger charge is 2.46. The predicted molar refractivity (Wildman–Crippen MR) is 149 cm³/mol. The minimum atomic E-state index is -3.13. The van der Waals surface area contributed by atoms with E-state index in [0.29, 0.717) is 47.0 Å². The summed E-state index contributed by atoms with van der Waals surface area (Å²) >= 11 is 0. The van der Waals surface area contributed by atoms with Crippen molar-refractivity contribution in [2.24, 2.45) is 11.7 Å². The van der Waals surface area contributed by atoms with E-state index in [4.69, 9.17) is 20.2 Å². The first-order valence-corrected chi connectivity index (χ1v) is 15.2. The van der Waals surface area contributed by atoms with Crippen LogP contribution in [0.25, 0.3) is 10.8 Å². The molecule has 39 heavy (non-hydrogen) atoms. The Morgan fingerprint density at radius 1 is 1.15 bits per heavy atom. The molecular formula is C28H35N5O5S. The number of nitrogens with two attached hydrogens (primary N) is 1. The summed E-state index contributed by atoms with van der Waals surface area (Å²) < 4.78 is 35.6. The molecule has 6 atom stereocenters. The number of rotatable bonds is 7. The van der Waals surface area contributed by atoms with Gasteiger partial charge in [0.25, 0.3) is 0 Å². The smallest absolute Gasteiger partial charge is 0.340 e. The number of fused-ring (bicyclic) bond motifs is 2. The first-order chi connectivity index (χ1) is 18.3. The van der Waals surface area contributed by atoms with Crippen molar-refractivity contribution in [3.05, 3.63) is 47.4 Å². The molecule has 2 aliphatic rings. The molecule has 0 aromatic carbocycles. The highest BCUT2D eigenvalue weighted by atomic mass is 32.2. The molecule has 0 amide bonds. The molecule has 3 aromatic heterocycles. The van der Waals surface area contributed by atoms with E-state index >= 15 is 0 Å². The van der Waals surface area contributed by atoms with Crippen LogP contribution in [0.2, 0.25) is 0 Å². The van der Waals surface area contributed by atoms with E-state index in [1.54, 1.807) is 24.5 Å². The van der Waals surface area contributed by atoms with E-state index in [-0.39, 0.29) is 30.0 Å². The second-order valence-corrected chi connectivity index (χ2v) is 13.4. The van der Waals surface area contributed by atoms with Gasteiger partial charge in [-0.2, -0.15) is 0 Å². The van der Waals surface area contributed by atoms with Crippen molar-refractivity contribution >= 4 is 38.2 Å². The van der Waals surface area contributed by atoms with Gasteiger partial charge in [0, 0.05) is 42.4 Å². The van der Waals surface area contributed by atoms with Crippen molar-refractivity contribution in [3.63, 3.8) is 0 Å². The molecule has 0 saturated heterocycles. The molecule has 10 nitrogen and oxygen atoms in total. The van der Waals surface area contributed by atoms with Crippen LogP contribution in [0.3, 0.4) is 0 Å². The standard InChI is InChI=1S/C28H35N5O5S/c1-7-28(5,29)20-13-31-26(38-21-11-22(15(21)3)39(6,35)36)19-12-30-24(10-18(19)20)32-23-9-8-17-25(33-23)14(2)16(4)37-27(17)34/h8-10,12-16,21-22H,7,11,29H2,1-6H3,(H,30,32,33)/t14-,15-,16-,21+,22-,28?/m0/s1. The van der Waals surface area contributed by atoms with Crippen LogP contribution >= 0.6 is 0 Å². The topological polar surface area (TPSA) is 146 Å². The maximum absolute atomic E-state index is 12.3. The molecule has 3 aromatic rings. The monoisotopic (exact) mass is 553 g/mol. The van der Waals surface area contributed by atoms with Gasteiger partial charge in [0.05, 0.1) is 21.9 Å². The molecule has 0 bridgehead atoms. The molecule has 208 valence electrons. The van der Waals surface area contributed by atoms with Crippen molar-refractivity contribution in [1.29, 1.82) is 0 Å². The highest BCUT2D eigenvalue weighted by molar-refractivity contribution is 7.91. The van der Waals surface area contributed by atoms with Gasteiger partial charge < -0.3 is 20.5 Å². The molecule has 1 saturated carbocycles. The highest BCUT2D eigenvalue weighted by Crippen LogP contribution is 2.40. The fourth-order valence-corrected chi connectivity index (χ4v) is 6.73. The van der Waals surface area contributed by atoms with Crippen LogP contribution in [0, 0.1) is 5.92 Å². The molecule has 0 spiro atoms. The van der Waals surface area contributed by atoms with Crippen LogP contribution in [-0.2, 0) is 20.1 Å². The summed E-state index contributed by atoms with van der Waals surface area (Å²) in [5, 5.41) is 4.38. The van der Waals surface area contributed by atoms with Gasteiger partial charge in [-0.3, -0.25) is 0 Å². The molecule has 3 N–H and O–H groups in total. The molecule has 0 radical (unpaired) electrons. The third-order valence-corrected chi connectivity index (χ3v) is 10.1. The molecule has 1 aliphatic carbocycles. The summed E-state index contributed by atoms with van der Waals surface area (Å²) in [7, 11) is -3.13. The third-order valence-electron chi connectivity index (χ3n) is 8.36.